The Hall–Kier alpha value is -2.68. The molecule has 6 nitrogen and oxygen atoms in total. The highest BCUT2D eigenvalue weighted by Crippen LogP contribution is 2.24. The maximum Gasteiger partial charge on any atom is 0.290 e. The Balaban J connectivity index is 1.39. The number of rotatable bonds is 11. The summed E-state index contributed by atoms with van der Waals surface area (Å²) in [5, 5.41) is 7.32. The van der Waals surface area contributed by atoms with E-state index in [9.17, 15) is 8.42 Å². The normalized spacial score (nSPS) is 11.6. The van der Waals surface area contributed by atoms with E-state index in [1.807, 2.05) is 47.8 Å². The van der Waals surface area contributed by atoms with Gasteiger partial charge in [-0.2, -0.15) is 8.42 Å². The number of ether oxygens (including phenoxy) is 1. The lowest BCUT2D eigenvalue weighted by Crippen LogP contribution is -2.07. The molecule has 0 unspecified atom stereocenters. The van der Waals surface area contributed by atoms with Gasteiger partial charge in [-0.1, -0.05) is 42.5 Å². The largest absolute Gasteiger partial charge is 0.494 e. The number of aromatic nitrogens is 1. The minimum absolute atomic E-state index is 0.116. The van der Waals surface area contributed by atoms with Crippen LogP contribution in [0.1, 0.15) is 18.9 Å². The van der Waals surface area contributed by atoms with Crippen molar-refractivity contribution in [2.24, 2.45) is 0 Å². The molecule has 0 spiro atoms. The minimum Gasteiger partial charge on any atom is -0.494 e. The minimum atomic E-state index is -3.62. The fraction of sp³-hybridized carbons (Fsp3) is 0.227. The van der Waals surface area contributed by atoms with E-state index in [4.69, 9.17) is 4.74 Å². The summed E-state index contributed by atoms with van der Waals surface area (Å²) in [5.74, 6) is 0.737. The Morgan fingerprint density at radius 3 is 2.60 bits per heavy atom. The Morgan fingerprint density at radius 2 is 1.87 bits per heavy atom. The van der Waals surface area contributed by atoms with E-state index in [-0.39, 0.29) is 6.61 Å². The molecule has 0 saturated heterocycles. The molecule has 0 fully saturated rings. The topological polar surface area (TPSA) is 77.5 Å². The second-order valence-corrected chi connectivity index (χ2v) is 8.66. The first-order valence-corrected chi connectivity index (χ1v) is 12.0. The first kappa shape index (κ1) is 22.0. The molecule has 0 atom stereocenters. The monoisotopic (exact) mass is 444 g/mol. The summed E-state index contributed by atoms with van der Waals surface area (Å²) in [6, 6.07) is 17.3. The first-order valence-electron chi connectivity index (χ1n) is 9.61. The van der Waals surface area contributed by atoms with Gasteiger partial charge in [0.1, 0.15) is 5.75 Å². The highest BCUT2D eigenvalue weighted by atomic mass is 32.2. The average Bonchev–Trinajstić information content (AvgIpc) is 3.23. The van der Waals surface area contributed by atoms with E-state index in [1.165, 1.54) is 6.08 Å². The highest BCUT2D eigenvalue weighted by molar-refractivity contribution is 7.89. The van der Waals surface area contributed by atoms with Crippen molar-refractivity contribution in [1.82, 2.24) is 4.98 Å². The van der Waals surface area contributed by atoms with E-state index in [0.29, 0.717) is 6.61 Å². The smallest absolute Gasteiger partial charge is 0.290 e. The number of hydrogen-bond acceptors (Lipinski definition) is 7. The lowest BCUT2D eigenvalue weighted by atomic mass is 10.2. The van der Waals surface area contributed by atoms with E-state index < -0.39 is 10.1 Å². The molecule has 1 heterocycles. The van der Waals surface area contributed by atoms with Crippen LogP contribution >= 0.6 is 11.3 Å². The summed E-state index contributed by atoms with van der Waals surface area (Å²) in [6.45, 7) is 3.08. The number of thiazole rings is 1. The van der Waals surface area contributed by atoms with Gasteiger partial charge in [0.05, 0.1) is 24.3 Å². The van der Waals surface area contributed by atoms with E-state index >= 15 is 0 Å². The van der Waals surface area contributed by atoms with Gasteiger partial charge in [-0.05, 0) is 37.1 Å². The summed E-state index contributed by atoms with van der Waals surface area (Å²) >= 11 is 1.59. The van der Waals surface area contributed by atoms with Crippen LogP contribution in [0.5, 0.6) is 5.75 Å². The van der Waals surface area contributed by atoms with Crippen LogP contribution in [0.3, 0.4) is 0 Å². The number of benzene rings is 2. The molecule has 0 radical (unpaired) electrons. The molecule has 1 N–H and O–H groups in total. The quantitative estimate of drug-likeness (QED) is 0.330. The van der Waals surface area contributed by atoms with Crippen molar-refractivity contribution in [1.29, 1.82) is 0 Å². The van der Waals surface area contributed by atoms with Crippen molar-refractivity contribution in [3.05, 3.63) is 70.9 Å². The van der Waals surface area contributed by atoms with Gasteiger partial charge in [-0.25, -0.2) is 4.98 Å². The summed E-state index contributed by atoms with van der Waals surface area (Å²) in [6.07, 6.45) is 2.32. The number of hydrogen-bond donors (Lipinski definition) is 1. The average molecular weight is 445 g/mol. The van der Waals surface area contributed by atoms with Crippen LogP contribution in [-0.2, 0) is 14.3 Å². The van der Waals surface area contributed by atoms with Crippen LogP contribution in [0, 0.1) is 0 Å². The summed E-state index contributed by atoms with van der Waals surface area (Å²) in [7, 11) is -3.62. The Labute approximate surface area is 181 Å². The van der Waals surface area contributed by atoms with E-state index in [2.05, 4.69) is 14.5 Å². The van der Waals surface area contributed by atoms with Crippen LogP contribution in [0.15, 0.2) is 65.4 Å². The summed E-state index contributed by atoms with van der Waals surface area (Å²) < 4.78 is 33.4. The molecule has 0 aliphatic rings. The van der Waals surface area contributed by atoms with Crippen molar-refractivity contribution in [2.45, 2.75) is 13.3 Å². The number of nitrogens with one attached hydrogen (secondary N) is 1. The molecular formula is C22H24N2O4S2. The molecule has 3 rings (SSSR count). The predicted molar refractivity (Wildman–Crippen MR) is 122 cm³/mol. The number of nitrogens with zero attached hydrogens (tertiary/aromatic N) is 1. The van der Waals surface area contributed by atoms with Crippen LogP contribution in [0.4, 0.5) is 5.13 Å². The second kappa shape index (κ2) is 10.9. The van der Waals surface area contributed by atoms with Crippen molar-refractivity contribution >= 4 is 32.7 Å². The molecule has 0 saturated carbocycles. The zero-order valence-electron chi connectivity index (χ0n) is 16.7. The van der Waals surface area contributed by atoms with Gasteiger partial charge in [0.15, 0.2) is 5.13 Å². The summed E-state index contributed by atoms with van der Waals surface area (Å²) in [4.78, 5) is 4.60. The van der Waals surface area contributed by atoms with Crippen LogP contribution in [0.2, 0.25) is 0 Å². The van der Waals surface area contributed by atoms with Gasteiger partial charge in [0.25, 0.3) is 10.1 Å². The fourth-order valence-corrected chi connectivity index (χ4v) is 4.07. The SMILES string of the molecule is CCOS(=O)(=O)/C=C/c1ccc(OCCCNc2nc(-c3ccccc3)cs2)cc1. The molecule has 158 valence electrons. The van der Waals surface area contributed by atoms with Gasteiger partial charge in [-0.15, -0.1) is 11.3 Å². The van der Waals surface area contributed by atoms with Gasteiger partial charge in [0, 0.05) is 17.5 Å². The highest BCUT2D eigenvalue weighted by Gasteiger charge is 2.04. The Kier molecular flexibility index (Phi) is 8.01. The van der Waals surface area contributed by atoms with E-state index in [0.717, 1.165) is 46.1 Å². The molecule has 0 aliphatic heterocycles. The maximum atomic E-state index is 11.5. The van der Waals surface area contributed by atoms with Crippen molar-refractivity contribution in [2.75, 3.05) is 25.1 Å². The molecule has 1 aromatic heterocycles. The molecule has 30 heavy (non-hydrogen) atoms. The first-order chi connectivity index (χ1) is 14.6. The Morgan fingerprint density at radius 1 is 1.10 bits per heavy atom. The van der Waals surface area contributed by atoms with Gasteiger partial charge < -0.3 is 10.1 Å². The molecule has 0 bridgehead atoms. The maximum absolute atomic E-state index is 11.5. The van der Waals surface area contributed by atoms with Crippen LogP contribution in [0.25, 0.3) is 17.3 Å². The predicted octanol–water partition coefficient (Wildman–Crippen LogP) is 5.03. The Bertz CT molecular complexity index is 1050. The zero-order valence-corrected chi connectivity index (χ0v) is 18.3. The van der Waals surface area contributed by atoms with Gasteiger partial charge in [0.2, 0.25) is 0 Å². The third kappa shape index (κ3) is 6.98. The fourth-order valence-electron chi connectivity index (χ4n) is 2.59. The standard InChI is InChI=1S/C22H24N2O4S2/c1-2-28-30(25,26)16-13-18-9-11-20(12-10-18)27-15-6-14-23-22-24-21(17-29-22)19-7-4-3-5-8-19/h3-5,7-13,16-17H,2,6,14-15H2,1H3,(H,23,24)/b16-13+. The van der Waals surface area contributed by atoms with Crippen LogP contribution in [-0.4, -0.2) is 33.2 Å². The van der Waals surface area contributed by atoms with Crippen molar-refractivity contribution < 1.29 is 17.3 Å². The lowest BCUT2D eigenvalue weighted by molar-refractivity contribution is 0.315. The van der Waals surface area contributed by atoms with E-state index in [1.54, 1.807) is 30.4 Å². The third-order valence-corrected chi connectivity index (χ3v) is 5.86. The summed E-state index contributed by atoms with van der Waals surface area (Å²) in [5.41, 5.74) is 2.84. The second-order valence-electron chi connectivity index (χ2n) is 6.30. The zero-order chi connectivity index (χ0) is 21.2. The third-order valence-electron chi connectivity index (χ3n) is 4.03. The molecule has 8 heteroatoms. The van der Waals surface area contributed by atoms with Crippen LogP contribution < -0.4 is 10.1 Å². The molecule has 3 aromatic rings. The lowest BCUT2D eigenvalue weighted by Gasteiger charge is -2.07. The molecular weight excluding hydrogens is 420 g/mol. The van der Waals surface area contributed by atoms with Gasteiger partial charge in [-0.3, -0.25) is 4.18 Å². The molecule has 0 aliphatic carbocycles. The van der Waals surface area contributed by atoms with Gasteiger partial charge >= 0.3 is 0 Å². The van der Waals surface area contributed by atoms with Crippen molar-refractivity contribution in [3.63, 3.8) is 0 Å². The molecule has 0 amide bonds. The van der Waals surface area contributed by atoms with Crippen molar-refractivity contribution in [3.8, 4) is 17.0 Å². The molecule has 2 aromatic carbocycles. The number of anilines is 1.